The van der Waals surface area contributed by atoms with Crippen LogP contribution in [0, 0.1) is 0 Å². The number of benzene rings is 1. The second kappa shape index (κ2) is 7.46. The van der Waals surface area contributed by atoms with Crippen LogP contribution in [0.5, 0.6) is 5.75 Å². The van der Waals surface area contributed by atoms with E-state index in [9.17, 15) is 5.11 Å². The van der Waals surface area contributed by atoms with E-state index in [2.05, 4.69) is 15.3 Å². The largest absolute Gasteiger partial charge is 0.488 e. The first-order valence-corrected chi connectivity index (χ1v) is 8.53. The van der Waals surface area contributed by atoms with Crippen LogP contribution in [0.1, 0.15) is 24.1 Å². The zero-order valence-corrected chi connectivity index (χ0v) is 14.3. The third-order valence-corrected chi connectivity index (χ3v) is 4.45. The number of aliphatic hydroxyl groups excluding tert-OH is 1. The molecule has 2 aromatic heterocycles. The van der Waals surface area contributed by atoms with Gasteiger partial charge in [0.25, 0.3) is 0 Å². The molecule has 0 saturated carbocycles. The topological polar surface area (TPSA) is 80.4 Å². The fourth-order valence-corrected chi connectivity index (χ4v) is 2.81. The van der Waals surface area contributed by atoms with E-state index in [-0.39, 0.29) is 12.7 Å². The molecule has 6 nitrogen and oxygen atoms in total. The molecule has 0 radical (unpaired) electrons. The van der Waals surface area contributed by atoms with Crippen molar-refractivity contribution < 1.29 is 14.3 Å². The first-order chi connectivity index (χ1) is 11.7. The van der Waals surface area contributed by atoms with Gasteiger partial charge in [-0.1, -0.05) is 18.3 Å². The lowest BCUT2D eigenvalue weighted by Crippen LogP contribution is -2.19. The Morgan fingerprint density at radius 2 is 2.29 bits per heavy atom. The third kappa shape index (κ3) is 3.74. The molecule has 0 saturated heterocycles. The summed E-state index contributed by atoms with van der Waals surface area (Å²) >= 11 is 1.55. The molecule has 0 aliphatic carbocycles. The van der Waals surface area contributed by atoms with E-state index in [1.54, 1.807) is 23.6 Å². The highest BCUT2D eigenvalue weighted by atomic mass is 32.1. The number of anilines is 1. The van der Waals surface area contributed by atoms with Gasteiger partial charge < -0.3 is 19.6 Å². The van der Waals surface area contributed by atoms with Gasteiger partial charge in [-0.3, -0.25) is 0 Å². The van der Waals surface area contributed by atoms with Gasteiger partial charge in [0.15, 0.2) is 10.7 Å². The minimum absolute atomic E-state index is 0.0115. The predicted octanol–water partition coefficient (Wildman–Crippen LogP) is 3.65. The van der Waals surface area contributed by atoms with E-state index < -0.39 is 0 Å². The molecule has 2 heterocycles. The summed E-state index contributed by atoms with van der Waals surface area (Å²) in [6.07, 6.45) is 6.05. The van der Waals surface area contributed by atoms with Gasteiger partial charge in [0, 0.05) is 30.3 Å². The van der Waals surface area contributed by atoms with E-state index in [4.69, 9.17) is 9.15 Å². The Morgan fingerprint density at radius 3 is 3.00 bits per heavy atom. The molecule has 126 valence electrons. The summed E-state index contributed by atoms with van der Waals surface area (Å²) in [5, 5.41) is 13.1. The van der Waals surface area contributed by atoms with Crippen LogP contribution < -0.4 is 10.1 Å². The molecular formula is C17H19N3O3S. The van der Waals surface area contributed by atoms with Crippen LogP contribution in [0.15, 0.2) is 28.8 Å². The molecule has 0 fully saturated rings. The van der Waals surface area contributed by atoms with Crippen LogP contribution >= 0.6 is 11.3 Å². The lowest BCUT2D eigenvalue weighted by atomic mass is 10.2. The van der Waals surface area contributed by atoms with Gasteiger partial charge >= 0.3 is 0 Å². The van der Waals surface area contributed by atoms with Crippen LogP contribution in [0.25, 0.3) is 23.3 Å². The summed E-state index contributed by atoms with van der Waals surface area (Å²) in [6, 6.07) is 5.48. The molecule has 1 atom stereocenters. The monoisotopic (exact) mass is 345 g/mol. The molecule has 7 heteroatoms. The summed E-state index contributed by atoms with van der Waals surface area (Å²) in [5.41, 5.74) is 1.42. The molecule has 2 N–H and O–H groups in total. The maximum atomic E-state index is 9.22. The molecule has 0 bridgehead atoms. The highest BCUT2D eigenvalue weighted by Gasteiger charge is 2.09. The number of aliphatic hydroxyl groups is 1. The molecule has 0 amide bonds. The number of rotatable bonds is 7. The normalized spacial score (nSPS) is 12.8. The zero-order valence-electron chi connectivity index (χ0n) is 13.5. The van der Waals surface area contributed by atoms with E-state index in [1.807, 2.05) is 38.3 Å². The van der Waals surface area contributed by atoms with Gasteiger partial charge in [-0.05, 0) is 24.6 Å². The highest BCUT2D eigenvalue weighted by Crippen LogP contribution is 2.24. The standard InChI is InChI=1S/C17H19N3O3S/c1-3-11(10-21)22-12-4-6-14-15(8-12)23-16(20-14)7-5-13-9-19-17(18-2)24-13/h4-9,11,21H,3,10H2,1-2H3,(H,18,19)/b7-5+. The average Bonchev–Trinajstić information content (AvgIpc) is 3.23. The number of hydrogen-bond donors (Lipinski definition) is 2. The van der Waals surface area contributed by atoms with E-state index >= 15 is 0 Å². The summed E-state index contributed by atoms with van der Waals surface area (Å²) in [5.74, 6) is 1.19. The number of aromatic nitrogens is 2. The molecule has 0 spiro atoms. The third-order valence-electron chi connectivity index (χ3n) is 3.47. The van der Waals surface area contributed by atoms with Gasteiger partial charge in [-0.15, -0.1) is 0 Å². The summed E-state index contributed by atoms with van der Waals surface area (Å²) in [6.45, 7) is 1.96. The SMILES string of the molecule is CCC(CO)Oc1ccc2nc(/C=C/c3cnc(NC)s3)oc2c1. The molecule has 1 aromatic carbocycles. The van der Waals surface area contributed by atoms with Crippen molar-refractivity contribution in [3.05, 3.63) is 35.2 Å². The van der Waals surface area contributed by atoms with E-state index in [1.165, 1.54) is 0 Å². The maximum Gasteiger partial charge on any atom is 0.220 e. The first-order valence-electron chi connectivity index (χ1n) is 7.71. The van der Waals surface area contributed by atoms with Gasteiger partial charge in [0.2, 0.25) is 5.89 Å². The lowest BCUT2D eigenvalue weighted by molar-refractivity contribution is 0.112. The van der Waals surface area contributed by atoms with Gasteiger partial charge in [0.05, 0.1) is 6.61 Å². The number of fused-ring (bicyclic) bond motifs is 1. The summed E-state index contributed by atoms with van der Waals surface area (Å²) in [7, 11) is 1.84. The summed E-state index contributed by atoms with van der Waals surface area (Å²) < 4.78 is 11.4. The number of thiazole rings is 1. The number of hydrogen-bond acceptors (Lipinski definition) is 7. The predicted molar refractivity (Wildman–Crippen MR) is 96.4 cm³/mol. The Labute approximate surface area is 143 Å². The number of ether oxygens (including phenoxy) is 1. The van der Waals surface area contributed by atoms with Crippen molar-refractivity contribution in [2.24, 2.45) is 0 Å². The minimum atomic E-state index is -0.211. The Bertz CT molecular complexity index is 837. The fourth-order valence-electron chi connectivity index (χ4n) is 2.14. The van der Waals surface area contributed by atoms with Gasteiger partial charge in [-0.25, -0.2) is 9.97 Å². The van der Waals surface area contributed by atoms with Crippen molar-refractivity contribution in [1.82, 2.24) is 9.97 Å². The van der Waals surface area contributed by atoms with Crippen LogP contribution in [0.3, 0.4) is 0 Å². The number of nitrogens with one attached hydrogen (secondary N) is 1. The van der Waals surface area contributed by atoms with Gasteiger partial charge in [0.1, 0.15) is 17.4 Å². The minimum Gasteiger partial charge on any atom is -0.488 e. The fraction of sp³-hybridized carbons (Fsp3) is 0.294. The highest BCUT2D eigenvalue weighted by molar-refractivity contribution is 7.16. The molecule has 3 aromatic rings. The molecule has 24 heavy (non-hydrogen) atoms. The Kier molecular flexibility index (Phi) is 5.12. The average molecular weight is 345 g/mol. The second-order valence-electron chi connectivity index (χ2n) is 5.16. The van der Waals surface area contributed by atoms with Crippen molar-refractivity contribution in [1.29, 1.82) is 0 Å². The molecule has 3 rings (SSSR count). The zero-order chi connectivity index (χ0) is 16.9. The molecule has 0 aliphatic rings. The van der Waals surface area contributed by atoms with Crippen molar-refractivity contribution in [3.8, 4) is 5.75 Å². The quantitative estimate of drug-likeness (QED) is 0.680. The Morgan fingerprint density at radius 1 is 1.42 bits per heavy atom. The summed E-state index contributed by atoms with van der Waals surface area (Å²) in [4.78, 5) is 9.65. The molecule has 0 aliphatic heterocycles. The van der Waals surface area contributed by atoms with Crippen molar-refractivity contribution in [2.45, 2.75) is 19.4 Å². The van der Waals surface area contributed by atoms with Gasteiger partial charge in [-0.2, -0.15) is 0 Å². The number of nitrogens with zero attached hydrogens (tertiary/aromatic N) is 2. The smallest absolute Gasteiger partial charge is 0.220 e. The van der Waals surface area contributed by atoms with Crippen LogP contribution in [-0.2, 0) is 0 Å². The molecule has 1 unspecified atom stereocenters. The van der Waals surface area contributed by atoms with Crippen molar-refractivity contribution in [2.75, 3.05) is 19.0 Å². The number of oxazole rings is 1. The van der Waals surface area contributed by atoms with Crippen LogP contribution in [0.4, 0.5) is 5.13 Å². The van der Waals surface area contributed by atoms with E-state index in [0.29, 0.717) is 17.2 Å². The van der Waals surface area contributed by atoms with Crippen molar-refractivity contribution in [3.63, 3.8) is 0 Å². The Hall–Kier alpha value is -2.38. The van der Waals surface area contributed by atoms with Crippen LogP contribution in [0.2, 0.25) is 0 Å². The van der Waals surface area contributed by atoms with E-state index in [0.717, 1.165) is 21.9 Å². The molecular weight excluding hydrogens is 326 g/mol. The second-order valence-corrected chi connectivity index (χ2v) is 6.23. The first kappa shape index (κ1) is 16.5. The van der Waals surface area contributed by atoms with Crippen molar-refractivity contribution >= 4 is 39.7 Å². The van der Waals surface area contributed by atoms with Crippen LogP contribution in [-0.4, -0.2) is 34.8 Å². The maximum absolute atomic E-state index is 9.22. The Balaban J connectivity index is 1.78. The lowest BCUT2D eigenvalue weighted by Gasteiger charge is -2.14.